The van der Waals surface area contributed by atoms with Gasteiger partial charge in [-0.25, -0.2) is 14.8 Å². The minimum Gasteiger partial charge on any atom is -0.493 e. The Balaban J connectivity index is 1.81. The molecule has 1 aromatic carbocycles. The standard InChI is InChI=1S/C20H28N4O4/c1-13(2)12-28-20(25)24-8-6-23(7-9-24)19-15-10-17(26-4)18(27-5)11-16(15)21-14(3)22-19/h10-11,13H,6-9,12H2,1-5H3. The van der Waals surface area contributed by atoms with Crippen molar-refractivity contribution in [1.29, 1.82) is 0 Å². The maximum absolute atomic E-state index is 12.2. The van der Waals surface area contributed by atoms with Gasteiger partial charge in [0, 0.05) is 37.6 Å². The molecule has 152 valence electrons. The zero-order valence-corrected chi connectivity index (χ0v) is 17.2. The number of hydrogen-bond acceptors (Lipinski definition) is 7. The van der Waals surface area contributed by atoms with Gasteiger partial charge in [0.2, 0.25) is 0 Å². The van der Waals surface area contributed by atoms with Gasteiger partial charge >= 0.3 is 6.09 Å². The molecule has 1 aliphatic rings. The number of methoxy groups -OCH3 is 2. The third-order valence-electron chi connectivity index (χ3n) is 4.67. The summed E-state index contributed by atoms with van der Waals surface area (Å²) in [5.41, 5.74) is 0.805. The Labute approximate surface area is 165 Å². The molecular formula is C20H28N4O4. The maximum Gasteiger partial charge on any atom is 0.409 e. The Hall–Kier alpha value is -2.77. The van der Waals surface area contributed by atoms with E-state index in [4.69, 9.17) is 14.2 Å². The zero-order chi connectivity index (χ0) is 20.3. The summed E-state index contributed by atoms with van der Waals surface area (Å²) in [4.78, 5) is 25.3. The van der Waals surface area contributed by atoms with Crippen molar-refractivity contribution in [1.82, 2.24) is 14.9 Å². The fraction of sp³-hybridized carbons (Fsp3) is 0.550. The van der Waals surface area contributed by atoms with Crippen LogP contribution >= 0.6 is 0 Å². The van der Waals surface area contributed by atoms with Gasteiger partial charge < -0.3 is 24.0 Å². The van der Waals surface area contributed by atoms with Gasteiger partial charge in [-0.1, -0.05) is 13.8 Å². The van der Waals surface area contributed by atoms with Gasteiger partial charge in [0.25, 0.3) is 0 Å². The van der Waals surface area contributed by atoms with Crippen LogP contribution in [0.4, 0.5) is 10.6 Å². The summed E-state index contributed by atoms with van der Waals surface area (Å²) in [6, 6.07) is 3.78. The molecule has 1 amide bonds. The Kier molecular flexibility index (Phi) is 6.06. The highest BCUT2D eigenvalue weighted by Crippen LogP contribution is 2.35. The molecule has 0 spiro atoms. The predicted molar refractivity (Wildman–Crippen MR) is 107 cm³/mol. The van der Waals surface area contributed by atoms with Crippen molar-refractivity contribution in [3.05, 3.63) is 18.0 Å². The summed E-state index contributed by atoms with van der Waals surface area (Å²) in [6.07, 6.45) is -0.247. The number of carbonyl (C=O) groups is 1. The van der Waals surface area contributed by atoms with Crippen LogP contribution in [0.5, 0.6) is 11.5 Å². The number of carbonyl (C=O) groups excluding carboxylic acids is 1. The van der Waals surface area contributed by atoms with Gasteiger partial charge in [-0.05, 0) is 18.9 Å². The Morgan fingerprint density at radius 1 is 1.07 bits per heavy atom. The van der Waals surface area contributed by atoms with Crippen molar-refractivity contribution in [2.75, 3.05) is 51.9 Å². The van der Waals surface area contributed by atoms with Crippen LogP contribution in [0, 0.1) is 12.8 Å². The molecule has 0 radical (unpaired) electrons. The lowest BCUT2D eigenvalue weighted by atomic mass is 10.1. The molecule has 0 unspecified atom stereocenters. The number of piperazine rings is 1. The lowest BCUT2D eigenvalue weighted by Crippen LogP contribution is -2.49. The van der Waals surface area contributed by atoms with Crippen molar-refractivity contribution in [2.24, 2.45) is 5.92 Å². The molecule has 2 aromatic rings. The minimum absolute atomic E-state index is 0.247. The van der Waals surface area contributed by atoms with Gasteiger partial charge in [0.05, 0.1) is 26.3 Å². The zero-order valence-electron chi connectivity index (χ0n) is 17.2. The summed E-state index contributed by atoms with van der Waals surface area (Å²) >= 11 is 0. The molecule has 2 heterocycles. The van der Waals surface area contributed by atoms with Gasteiger partial charge in [-0.2, -0.15) is 0 Å². The number of anilines is 1. The van der Waals surface area contributed by atoms with E-state index in [0.29, 0.717) is 56.0 Å². The Morgan fingerprint density at radius 3 is 2.32 bits per heavy atom. The molecule has 3 rings (SSSR count). The van der Waals surface area contributed by atoms with E-state index in [1.807, 2.05) is 32.9 Å². The van der Waals surface area contributed by atoms with Crippen molar-refractivity contribution in [3.63, 3.8) is 0 Å². The topological polar surface area (TPSA) is 77.0 Å². The van der Waals surface area contributed by atoms with Gasteiger partial charge in [0.1, 0.15) is 11.6 Å². The number of benzene rings is 1. The lowest BCUT2D eigenvalue weighted by Gasteiger charge is -2.35. The van der Waals surface area contributed by atoms with E-state index in [1.54, 1.807) is 19.1 Å². The van der Waals surface area contributed by atoms with E-state index in [2.05, 4.69) is 14.9 Å². The van der Waals surface area contributed by atoms with Crippen molar-refractivity contribution < 1.29 is 19.0 Å². The first kappa shape index (κ1) is 20.0. The predicted octanol–water partition coefficient (Wildman–Crippen LogP) is 2.87. The molecule has 0 N–H and O–H groups in total. The highest BCUT2D eigenvalue weighted by Gasteiger charge is 2.25. The van der Waals surface area contributed by atoms with Gasteiger partial charge in [-0.15, -0.1) is 0 Å². The molecular weight excluding hydrogens is 360 g/mol. The molecule has 1 saturated heterocycles. The average molecular weight is 388 g/mol. The molecule has 8 heteroatoms. The number of rotatable bonds is 5. The highest BCUT2D eigenvalue weighted by atomic mass is 16.6. The van der Waals surface area contributed by atoms with Crippen LogP contribution < -0.4 is 14.4 Å². The minimum atomic E-state index is -0.247. The monoisotopic (exact) mass is 388 g/mol. The second kappa shape index (κ2) is 8.50. The van der Waals surface area contributed by atoms with E-state index in [-0.39, 0.29) is 6.09 Å². The molecule has 0 saturated carbocycles. The maximum atomic E-state index is 12.2. The SMILES string of the molecule is COc1cc2nc(C)nc(N3CCN(C(=O)OCC(C)C)CC3)c2cc1OC. The van der Waals surface area contributed by atoms with Crippen LogP contribution in [0.1, 0.15) is 19.7 Å². The molecule has 8 nitrogen and oxygen atoms in total. The number of aryl methyl sites for hydroxylation is 1. The Bertz CT molecular complexity index is 848. The van der Waals surface area contributed by atoms with Crippen LogP contribution in [0.3, 0.4) is 0 Å². The van der Waals surface area contributed by atoms with Crippen LogP contribution in [-0.2, 0) is 4.74 Å². The second-order valence-corrected chi connectivity index (χ2v) is 7.26. The summed E-state index contributed by atoms with van der Waals surface area (Å²) in [6.45, 7) is 8.90. The number of ether oxygens (including phenoxy) is 3. The fourth-order valence-electron chi connectivity index (χ4n) is 3.22. The number of hydrogen-bond donors (Lipinski definition) is 0. The molecule has 1 aliphatic heterocycles. The summed E-state index contributed by atoms with van der Waals surface area (Å²) < 4.78 is 16.2. The molecule has 1 aromatic heterocycles. The smallest absolute Gasteiger partial charge is 0.409 e. The van der Waals surface area contributed by atoms with Crippen LogP contribution in [0.2, 0.25) is 0 Å². The number of fused-ring (bicyclic) bond motifs is 1. The number of amides is 1. The first-order valence-electron chi connectivity index (χ1n) is 9.50. The summed E-state index contributed by atoms with van der Waals surface area (Å²) in [5.74, 6) is 3.14. The van der Waals surface area contributed by atoms with Crippen molar-refractivity contribution in [2.45, 2.75) is 20.8 Å². The van der Waals surface area contributed by atoms with E-state index >= 15 is 0 Å². The third-order valence-corrected chi connectivity index (χ3v) is 4.67. The van der Waals surface area contributed by atoms with Gasteiger partial charge in [-0.3, -0.25) is 0 Å². The molecule has 1 fully saturated rings. The molecule has 28 heavy (non-hydrogen) atoms. The summed E-state index contributed by atoms with van der Waals surface area (Å²) in [7, 11) is 3.22. The lowest BCUT2D eigenvalue weighted by molar-refractivity contribution is 0.0901. The van der Waals surface area contributed by atoms with Crippen molar-refractivity contribution in [3.8, 4) is 11.5 Å². The largest absolute Gasteiger partial charge is 0.493 e. The first-order chi connectivity index (χ1) is 13.4. The average Bonchev–Trinajstić information content (AvgIpc) is 2.70. The quantitative estimate of drug-likeness (QED) is 0.779. The van der Waals surface area contributed by atoms with E-state index < -0.39 is 0 Å². The van der Waals surface area contributed by atoms with Crippen LogP contribution in [0.25, 0.3) is 10.9 Å². The van der Waals surface area contributed by atoms with Crippen LogP contribution in [0.15, 0.2) is 12.1 Å². The van der Waals surface area contributed by atoms with E-state index in [9.17, 15) is 4.79 Å². The number of nitrogens with zero attached hydrogens (tertiary/aromatic N) is 4. The third kappa shape index (κ3) is 4.21. The first-order valence-corrected chi connectivity index (χ1v) is 9.50. The molecule has 0 atom stereocenters. The normalized spacial score (nSPS) is 14.5. The summed E-state index contributed by atoms with van der Waals surface area (Å²) in [5, 5.41) is 0.902. The number of aromatic nitrogens is 2. The van der Waals surface area contributed by atoms with Crippen molar-refractivity contribution >= 4 is 22.8 Å². The second-order valence-electron chi connectivity index (χ2n) is 7.26. The Morgan fingerprint density at radius 2 is 1.71 bits per heavy atom. The van der Waals surface area contributed by atoms with Gasteiger partial charge in [0.15, 0.2) is 11.5 Å². The fourth-order valence-corrected chi connectivity index (χ4v) is 3.22. The van der Waals surface area contributed by atoms with Crippen LogP contribution in [-0.4, -0.2) is 68.0 Å². The van der Waals surface area contributed by atoms with E-state index in [1.165, 1.54) is 0 Å². The highest BCUT2D eigenvalue weighted by molar-refractivity contribution is 5.92. The van der Waals surface area contributed by atoms with E-state index in [0.717, 1.165) is 16.7 Å². The molecule has 0 aliphatic carbocycles. The molecule has 0 bridgehead atoms.